The molecular weight excluding hydrogens is 380 g/mol. The predicted molar refractivity (Wildman–Crippen MR) is 111 cm³/mol. The zero-order chi connectivity index (χ0) is 19.2. The Balaban J connectivity index is 1.70. The fourth-order valence-corrected chi connectivity index (χ4v) is 4.44. The third kappa shape index (κ3) is 4.70. The number of aromatic nitrogens is 2. The van der Waals surface area contributed by atoms with Crippen molar-refractivity contribution in [3.63, 3.8) is 0 Å². The number of nitrogens with two attached hydrogens (primary N) is 1. The third-order valence-corrected chi connectivity index (χ3v) is 5.93. The van der Waals surface area contributed by atoms with Crippen LogP contribution in [0.15, 0.2) is 40.9 Å². The molecule has 0 aliphatic rings. The molecule has 0 saturated heterocycles. The van der Waals surface area contributed by atoms with Gasteiger partial charge in [0.1, 0.15) is 5.00 Å². The van der Waals surface area contributed by atoms with Crippen LogP contribution in [0.5, 0.6) is 0 Å². The molecule has 2 heterocycles. The molecule has 1 aromatic carbocycles. The van der Waals surface area contributed by atoms with Crippen molar-refractivity contribution < 1.29 is 9.59 Å². The van der Waals surface area contributed by atoms with E-state index in [1.54, 1.807) is 11.4 Å². The molecule has 0 fully saturated rings. The van der Waals surface area contributed by atoms with E-state index in [4.69, 9.17) is 5.73 Å². The highest BCUT2D eigenvalue weighted by atomic mass is 32.2. The molecule has 0 saturated carbocycles. The van der Waals surface area contributed by atoms with Crippen LogP contribution in [0.4, 0.5) is 5.00 Å². The van der Waals surface area contributed by atoms with Gasteiger partial charge < -0.3 is 15.6 Å². The molecule has 3 rings (SSSR count). The molecule has 3 aromatic rings. The van der Waals surface area contributed by atoms with E-state index < -0.39 is 5.91 Å². The van der Waals surface area contributed by atoms with Crippen LogP contribution in [0.1, 0.15) is 36.5 Å². The van der Waals surface area contributed by atoms with Crippen molar-refractivity contribution in [2.75, 3.05) is 11.1 Å². The summed E-state index contributed by atoms with van der Waals surface area (Å²) in [6.07, 6.45) is 3.39. The fourth-order valence-electron chi connectivity index (χ4n) is 2.79. The number of benzene rings is 1. The molecule has 2 aromatic heterocycles. The number of carbonyl (C=O) groups is 2. The first-order valence-corrected chi connectivity index (χ1v) is 10.7. The monoisotopic (exact) mass is 402 g/mol. The van der Waals surface area contributed by atoms with Crippen molar-refractivity contribution in [1.29, 1.82) is 0 Å². The Morgan fingerprint density at radius 2 is 2.07 bits per heavy atom. The highest BCUT2D eigenvalue weighted by Gasteiger charge is 2.15. The number of carbonyl (C=O) groups excluding carboxylic acids is 2. The molecule has 0 aliphatic heterocycles. The van der Waals surface area contributed by atoms with Gasteiger partial charge in [0.2, 0.25) is 5.91 Å². The summed E-state index contributed by atoms with van der Waals surface area (Å²) < 4.78 is 2.18. The van der Waals surface area contributed by atoms with Gasteiger partial charge in [0.25, 0.3) is 5.91 Å². The number of thioether (sulfide) groups is 1. The number of amides is 2. The number of hydrogen-bond acceptors (Lipinski definition) is 5. The summed E-state index contributed by atoms with van der Waals surface area (Å²) in [5.41, 5.74) is 7.68. The summed E-state index contributed by atoms with van der Waals surface area (Å²) in [7, 11) is 0. The zero-order valence-electron chi connectivity index (χ0n) is 15.1. The van der Waals surface area contributed by atoms with Crippen LogP contribution in [0.3, 0.4) is 0 Å². The van der Waals surface area contributed by atoms with Crippen LogP contribution >= 0.6 is 23.1 Å². The Labute approximate surface area is 166 Å². The van der Waals surface area contributed by atoms with Gasteiger partial charge in [0.15, 0.2) is 5.16 Å². The van der Waals surface area contributed by atoms with Gasteiger partial charge in [-0.15, -0.1) is 11.3 Å². The maximum atomic E-state index is 12.3. The SMILES string of the molecule is CCCCCn1c(SCC(=O)Nc2sccc2C(N)=O)nc2ccccc21. The van der Waals surface area contributed by atoms with Gasteiger partial charge >= 0.3 is 0 Å². The Bertz CT molecular complexity index is 948. The van der Waals surface area contributed by atoms with E-state index >= 15 is 0 Å². The number of nitrogens with one attached hydrogen (secondary N) is 1. The summed E-state index contributed by atoms with van der Waals surface area (Å²) in [5, 5.41) is 5.83. The lowest BCUT2D eigenvalue weighted by Crippen LogP contribution is -2.18. The normalized spacial score (nSPS) is 11.0. The van der Waals surface area contributed by atoms with Crippen molar-refractivity contribution in [3.8, 4) is 0 Å². The Morgan fingerprint density at radius 1 is 1.26 bits per heavy atom. The quantitative estimate of drug-likeness (QED) is 0.416. The molecule has 2 amide bonds. The summed E-state index contributed by atoms with van der Waals surface area (Å²) in [4.78, 5) is 28.4. The van der Waals surface area contributed by atoms with Crippen LogP contribution in [0, 0.1) is 0 Å². The standard InChI is InChI=1S/C19H22N4O2S2/c1-2-3-6-10-23-15-8-5-4-7-14(15)21-19(23)27-12-16(24)22-18-13(17(20)25)9-11-26-18/h4-5,7-9,11H,2-3,6,10,12H2,1H3,(H2,20,25)(H,22,24). The first kappa shape index (κ1) is 19.4. The van der Waals surface area contributed by atoms with Crippen molar-refractivity contribution in [1.82, 2.24) is 9.55 Å². The smallest absolute Gasteiger partial charge is 0.251 e. The first-order chi connectivity index (χ1) is 13.1. The molecule has 27 heavy (non-hydrogen) atoms. The molecule has 0 aliphatic carbocycles. The highest BCUT2D eigenvalue weighted by molar-refractivity contribution is 7.99. The van der Waals surface area contributed by atoms with E-state index in [-0.39, 0.29) is 11.7 Å². The molecule has 142 valence electrons. The van der Waals surface area contributed by atoms with E-state index in [1.165, 1.54) is 23.1 Å². The third-order valence-electron chi connectivity index (χ3n) is 4.12. The lowest BCUT2D eigenvalue weighted by Gasteiger charge is -2.09. The lowest BCUT2D eigenvalue weighted by molar-refractivity contribution is -0.113. The first-order valence-electron chi connectivity index (χ1n) is 8.85. The number of anilines is 1. The van der Waals surface area contributed by atoms with Gasteiger partial charge in [-0.05, 0) is 30.0 Å². The lowest BCUT2D eigenvalue weighted by atomic mass is 10.2. The molecule has 0 radical (unpaired) electrons. The van der Waals surface area contributed by atoms with Gasteiger partial charge in [-0.3, -0.25) is 9.59 Å². The van der Waals surface area contributed by atoms with E-state index in [2.05, 4.69) is 27.9 Å². The number of nitrogens with zero attached hydrogens (tertiary/aromatic N) is 2. The summed E-state index contributed by atoms with van der Waals surface area (Å²) in [5.74, 6) is -0.512. The minimum atomic E-state index is -0.545. The second-order valence-electron chi connectivity index (χ2n) is 6.11. The largest absolute Gasteiger partial charge is 0.366 e. The fraction of sp³-hybridized carbons (Fsp3) is 0.316. The van der Waals surface area contributed by atoms with E-state index in [1.807, 2.05) is 18.2 Å². The minimum absolute atomic E-state index is 0.183. The van der Waals surface area contributed by atoms with E-state index in [0.717, 1.165) is 42.0 Å². The molecular formula is C19H22N4O2S2. The number of hydrogen-bond donors (Lipinski definition) is 2. The molecule has 0 unspecified atom stereocenters. The second kappa shape index (κ2) is 9.05. The average molecular weight is 403 g/mol. The second-order valence-corrected chi connectivity index (χ2v) is 7.96. The molecule has 0 bridgehead atoms. The number of rotatable bonds is 9. The van der Waals surface area contributed by atoms with Crippen LogP contribution in [-0.4, -0.2) is 27.1 Å². The maximum absolute atomic E-state index is 12.3. The van der Waals surface area contributed by atoms with Crippen molar-refractivity contribution in [2.24, 2.45) is 5.73 Å². The van der Waals surface area contributed by atoms with Crippen molar-refractivity contribution >= 4 is 50.9 Å². The Hall–Kier alpha value is -2.32. The number of unbranched alkanes of at least 4 members (excludes halogenated alkanes) is 2. The Kier molecular flexibility index (Phi) is 6.52. The summed E-state index contributed by atoms with van der Waals surface area (Å²) >= 11 is 2.69. The van der Waals surface area contributed by atoms with E-state index in [0.29, 0.717) is 10.6 Å². The van der Waals surface area contributed by atoms with Crippen LogP contribution < -0.4 is 11.1 Å². The molecule has 8 heteroatoms. The van der Waals surface area contributed by atoms with Gasteiger partial charge in [-0.25, -0.2) is 4.98 Å². The zero-order valence-corrected chi connectivity index (χ0v) is 16.7. The van der Waals surface area contributed by atoms with Gasteiger partial charge in [-0.2, -0.15) is 0 Å². The number of para-hydroxylation sites is 2. The summed E-state index contributed by atoms with van der Waals surface area (Å²) in [6.45, 7) is 3.06. The summed E-state index contributed by atoms with van der Waals surface area (Å²) in [6, 6.07) is 9.63. The number of aryl methyl sites for hydroxylation is 1. The Morgan fingerprint density at radius 3 is 2.85 bits per heavy atom. The minimum Gasteiger partial charge on any atom is -0.366 e. The van der Waals surface area contributed by atoms with Crippen LogP contribution in [0.2, 0.25) is 0 Å². The number of thiophene rings is 1. The number of primary amides is 1. The van der Waals surface area contributed by atoms with Gasteiger partial charge in [0.05, 0.1) is 22.3 Å². The van der Waals surface area contributed by atoms with Crippen LogP contribution in [-0.2, 0) is 11.3 Å². The van der Waals surface area contributed by atoms with Crippen molar-refractivity contribution in [3.05, 3.63) is 41.3 Å². The molecule has 3 N–H and O–H groups in total. The molecule has 6 nitrogen and oxygen atoms in total. The van der Waals surface area contributed by atoms with Gasteiger partial charge in [-0.1, -0.05) is 43.7 Å². The van der Waals surface area contributed by atoms with Crippen LogP contribution in [0.25, 0.3) is 11.0 Å². The number of imidazole rings is 1. The molecule has 0 spiro atoms. The molecule has 0 atom stereocenters. The van der Waals surface area contributed by atoms with E-state index in [9.17, 15) is 9.59 Å². The number of fused-ring (bicyclic) bond motifs is 1. The topological polar surface area (TPSA) is 90.0 Å². The maximum Gasteiger partial charge on any atom is 0.251 e. The highest BCUT2D eigenvalue weighted by Crippen LogP contribution is 2.26. The predicted octanol–water partition coefficient (Wildman–Crippen LogP) is 4.12. The van der Waals surface area contributed by atoms with Crippen molar-refractivity contribution in [2.45, 2.75) is 37.9 Å². The van der Waals surface area contributed by atoms with Gasteiger partial charge in [0, 0.05) is 6.54 Å². The average Bonchev–Trinajstić information content (AvgIpc) is 3.25.